The zero-order chi connectivity index (χ0) is 22.1. The fraction of sp³-hybridized carbons (Fsp3) is 0.160. The molecule has 1 aliphatic rings. The maximum absolute atomic E-state index is 13.5. The van der Waals surface area contributed by atoms with Crippen LogP contribution < -0.4 is 9.47 Å². The number of rotatable bonds is 6. The van der Waals surface area contributed by atoms with Crippen LogP contribution in [0.25, 0.3) is 11.3 Å². The Labute approximate surface area is 185 Å². The third kappa shape index (κ3) is 3.28. The SMILES string of the molecule is COc1ccc(C2c3c(-c4ccccc4)n[nH]c3C(=O)N2Cc2cccnc2)c(OC)c1. The maximum Gasteiger partial charge on any atom is 0.273 e. The molecular weight excluding hydrogens is 404 g/mol. The van der Waals surface area contributed by atoms with Crippen molar-refractivity contribution in [2.75, 3.05) is 14.2 Å². The number of nitrogens with one attached hydrogen (secondary N) is 1. The molecule has 1 unspecified atom stereocenters. The molecule has 3 heterocycles. The monoisotopic (exact) mass is 426 g/mol. The number of fused-ring (bicyclic) bond motifs is 1. The number of carbonyl (C=O) groups is 1. The number of aromatic nitrogens is 3. The quantitative estimate of drug-likeness (QED) is 0.499. The van der Waals surface area contributed by atoms with E-state index in [9.17, 15) is 4.79 Å². The summed E-state index contributed by atoms with van der Waals surface area (Å²) in [5.41, 5.74) is 4.84. The van der Waals surface area contributed by atoms with E-state index in [-0.39, 0.29) is 11.9 Å². The van der Waals surface area contributed by atoms with Crippen molar-refractivity contribution in [3.05, 3.63) is 95.4 Å². The van der Waals surface area contributed by atoms with E-state index in [4.69, 9.17) is 9.47 Å². The molecule has 1 aliphatic heterocycles. The summed E-state index contributed by atoms with van der Waals surface area (Å²) in [6.07, 6.45) is 3.50. The number of methoxy groups -OCH3 is 2. The molecule has 4 aromatic rings. The Morgan fingerprint density at radius 2 is 1.88 bits per heavy atom. The van der Waals surface area contributed by atoms with Crippen LogP contribution in [0.15, 0.2) is 73.1 Å². The van der Waals surface area contributed by atoms with Gasteiger partial charge in [-0.1, -0.05) is 36.4 Å². The molecule has 0 saturated heterocycles. The molecule has 7 nitrogen and oxygen atoms in total. The van der Waals surface area contributed by atoms with Gasteiger partial charge in [-0.05, 0) is 23.8 Å². The number of pyridine rings is 1. The van der Waals surface area contributed by atoms with E-state index in [2.05, 4.69) is 15.2 Å². The van der Waals surface area contributed by atoms with Crippen LogP contribution in [0, 0.1) is 0 Å². The minimum atomic E-state index is -0.382. The van der Waals surface area contributed by atoms with Crippen LogP contribution in [0.3, 0.4) is 0 Å². The standard InChI is InChI=1S/C25H22N4O3/c1-31-18-10-11-19(20(13-18)32-2)24-21-22(17-8-4-3-5-9-17)27-28-23(21)25(30)29(24)15-16-7-6-12-26-14-16/h3-14,24H,15H2,1-2H3,(H,27,28). The number of ether oxygens (including phenoxy) is 2. The summed E-state index contributed by atoms with van der Waals surface area (Å²) >= 11 is 0. The van der Waals surface area contributed by atoms with Crippen molar-refractivity contribution >= 4 is 5.91 Å². The lowest BCUT2D eigenvalue weighted by atomic mass is 9.95. The zero-order valence-corrected chi connectivity index (χ0v) is 17.8. The minimum Gasteiger partial charge on any atom is -0.497 e. The van der Waals surface area contributed by atoms with E-state index >= 15 is 0 Å². The molecule has 7 heteroatoms. The second-order valence-corrected chi connectivity index (χ2v) is 7.53. The van der Waals surface area contributed by atoms with Gasteiger partial charge in [-0.15, -0.1) is 0 Å². The van der Waals surface area contributed by atoms with E-state index in [1.807, 2.05) is 65.6 Å². The fourth-order valence-corrected chi connectivity index (χ4v) is 4.23. The first-order chi connectivity index (χ1) is 15.7. The Balaban J connectivity index is 1.69. The van der Waals surface area contributed by atoms with Gasteiger partial charge in [0.15, 0.2) is 0 Å². The molecule has 1 atom stereocenters. The van der Waals surface area contributed by atoms with Crippen molar-refractivity contribution in [2.45, 2.75) is 12.6 Å². The number of benzene rings is 2. The Morgan fingerprint density at radius 3 is 2.59 bits per heavy atom. The lowest BCUT2D eigenvalue weighted by Crippen LogP contribution is -2.29. The first-order valence-electron chi connectivity index (χ1n) is 10.3. The summed E-state index contributed by atoms with van der Waals surface area (Å²) in [4.78, 5) is 19.6. The first kappa shape index (κ1) is 19.8. The van der Waals surface area contributed by atoms with Crippen molar-refractivity contribution in [2.24, 2.45) is 0 Å². The van der Waals surface area contributed by atoms with Gasteiger partial charge in [-0.25, -0.2) is 0 Å². The van der Waals surface area contributed by atoms with Crippen molar-refractivity contribution in [1.29, 1.82) is 0 Å². The van der Waals surface area contributed by atoms with Crippen LogP contribution in [0.4, 0.5) is 0 Å². The molecule has 0 bridgehead atoms. The second kappa shape index (κ2) is 8.19. The lowest BCUT2D eigenvalue weighted by molar-refractivity contribution is 0.0728. The van der Waals surface area contributed by atoms with Gasteiger partial charge in [0, 0.05) is 41.7 Å². The van der Waals surface area contributed by atoms with E-state index in [1.54, 1.807) is 26.6 Å². The third-order valence-electron chi connectivity index (χ3n) is 5.72. The van der Waals surface area contributed by atoms with E-state index in [0.29, 0.717) is 23.7 Å². The van der Waals surface area contributed by atoms with Gasteiger partial charge in [-0.3, -0.25) is 14.9 Å². The van der Waals surface area contributed by atoms with Gasteiger partial charge in [0.05, 0.1) is 26.0 Å². The smallest absolute Gasteiger partial charge is 0.273 e. The molecule has 1 amide bonds. The average Bonchev–Trinajstić information content (AvgIpc) is 3.39. The van der Waals surface area contributed by atoms with Gasteiger partial charge in [0.2, 0.25) is 0 Å². The van der Waals surface area contributed by atoms with Gasteiger partial charge >= 0.3 is 0 Å². The fourth-order valence-electron chi connectivity index (χ4n) is 4.23. The largest absolute Gasteiger partial charge is 0.497 e. The predicted molar refractivity (Wildman–Crippen MR) is 120 cm³/mol. The number of H-pyrrole nitrogens is 1. The van der Waals surface area contributed by atoms with Crippen LogP contribution in [-0.4, -0.2) is 40.2 Å². The number of carbonyl (C=O) groups excluding carboxylic acids is 1. The van der Waals surface area contributed by atoms with E-state index < -0.39 is 0 Å². The van der Waals surface area contributed by atoms with Crippen molar-refractivity contribution in [3.63, 3.8) is 0 Å². The molecule has 0 radical (unpaired) electrons. The first-order valence-corrected chi connectivity index (χ1v) is 10.3. The summed E-state index contributed by atoms with van der Waals surface area (Å²) in [6.45, 7) is 0.406. The highest BCUT2D eigenvalue weighted by molar-refractivity contribution is 6.00. The highest BCUT2D eigenvalue weighted by Gasteiger charge is 2.43. The Bertz CT molecular complexity index is 1250. The van der Waals surface area contributed by atoms with E-state index in [0.717, 1.165) is 27.9 Å². The minimum absolute atomic E-state index is 0.110. The van der Waals surface area contributed by atoms with Gasteiger partial charge in [0.1, 0.15) is 17.2 Å². The molecule has 1 N–H and O–H groups in total. The molecule has 0 spiro atoms. The Hall–Kier alpha value is -4.13. The highest BCUT2D eigenvalue weighted by Crippen LogP contribution is 2.46. The normalized spacial score (nSPS) is 15.0. The number of hydrogen-bond donors (Lipinski definition) is 1. The topological polar surface area (TPSA) is 80.3 Å². The molecule has 5 rings (SSSR count). The molecular formula is C25H22N4O3. The summed E-state index contributed by atoms with van der Waals surface area (Å²) in [5.74, 6) is 1.22. The predicted octanol–water partition coefficient (Wildman–Crippen LogP) is 4.23. The van der Waals surface area contributed by atoms with Crippen LogP contribution in [0.5, 0.6) is 11.5 Å². The number of nitrogens with zero attached hydrogens (tertiary/aromatic N) is 3. The maximum atomic E-state index is 13.5. The summed E-state index contributed by atoms with van der Waals surface area (Å²) in [7, 11) is 3.23. The van der Waals surface area contributed by atoms with Gasteiger partial charge < -0.3 is 14.4 Å². The molecule has 0 fully saturated rings. The average molecular weight is 426 g/mol. The van der Waals surface area contributed by atoms with Crippen LogP contribution in [-0.2, 0) is 6.54 Å². The number of amides is 1. The zero-order valence-electron chi connectivity index (χ0n) is 17.8. The van der Waals surface area contributed by atoms with Gasteiger partial charge in [-0.2, -0.15) is 5.10 Å². The molecule has 32 heavy (non-hydrogen) atoms. The Kier molecular flexibility index (Phi) is 5.07. The number of aromatic amines is 1. The van der Waals surface area contributed by atoms with Crippen molar-refractivity contribution in [3.8, 4) is 22.8 Å². The van der Waals surface area contributed by atoms with Crippen molar-refractivity contribution < 1.29 is 14.3 Å². The highest BCUT2D eigenvalue weighted by atomic mass is 16.5. The van der Waals surface area contributed by atoms with Crippen molar-refractivity contribution in [1.82, 2.24) is 20.1 Å². The molecule has 2 aromatic carbocycles. The Morgan fingerprint density at radius 1 is 1.03 bits per heavy atom. The van der Waals surface area contributed by atoms with Crippen LogP contribution in [0.2, 0.25) is 0 Å². The molecule has 0 saturated carbocycles. The van der Waals surface area contributed by atoms with Gasteiger partial charge in [0.25, 0.3) is 5.91 Å². The van der Waals surface area contributed by atoms with Crippen LogP contribution in [0.1, 0.15) is 33.2 Å². The summed E-state index contributed by atoms with van der Waals surface area (Å²) in [5, 5.41) is 7.50. The molecule has 0 aliphatic carbocycles. The van der Waals surface area contributed by atoms with E-state index in [1.165, 1.54) is 0 Å². The second-order valence-electron chi connectivity index (χ2n) is 7.53. The lowest BCUT2D eigenvalue weighted by Gasteiger charge is -2.27. The number of hydrogen-bond acceptors (Lipinski definition) is 5. The summed E-state index contributed by atoms with van der Waals surface area (Å²) < 4.78 is 11.1. The molecule has 160 valence electrons. The van der Waals surface area contributed by atoms with Crippen LogP contribution >= 0.6 is 0 Å². The molecule has 2 aromatic heterocycles. The summed E-state index contributed by atoms with van der Waals surface area (Å²) in [6, 6.07) is 19.0. The third-order valence-corrected chi connectivity index (χ3v) is 5.72.